The third kappa shape index (κ3) is 1.73. The van der Waals surface area contributed by atoms with Crippen molar-refractivity contribution in [1.29, 1.82) is 0 Å². The topological polar surface area (TPSA) is 29.1 Å². The van der Waals surface area contributed by atoms with Crippen molar-refractivity contribution >= 4 is 21.8 Å². The number of carbonyl (C=O) groups is 1. The fourth-order valence-corrected chi connectivity index (χ4v) is 4.73. The summed E-state index contributed by atoms with van der Waals surface area (Å²) >= 11 is 3.24. The molecule has 3 heteroatoms. The summed E-state index contributed by atoms with van der Waals surface area (Å²) in [5.41, 5.74) is 0.194. The number of amides is 1. The number of rotatable bonds is 2. The van der Waals surface area contributed by atoms with Gasteiger partial charge < -0.3 is 5.32 Å². The first-order chi connectivity index (χ1) is 7.19. The molecule has 0 aliphatic heterocycles. The van der Waals surface area contributed by atoms with Gasteiger partial charge in [-0.05, 0) is 56.3 Å². The standard InChI is InChI=1S/C12H18BrNO/c13-7-11(15)14-12-4-8-1-9(5-12)3-10(2-8)6-12/h8-10H,1-7H2,(H,14,15). The summed E-state index contributed by atoms with van der Waals surface area (Å²) in [6.07, 6.45) is 8.05. The van der Waals surface area contributed by atoms with Crippen molar-refractivity contribution in [3.05, 3.63) is 0 Å². The highest BCUT2D eigenvalue weighted by Gasteiger charge is 2.51. The molecule has 0 aromatic heterocycles. The average molecular weight is 272 g/mol. The molecule has 84 valence electrons. The van der Waals surface area contributed by atoms with Crippen LogP contribution in [-0.4, -0.2) is 16.8 Å². The predicted molar refractivity (Wildman–Crippen MR) is 62.8 cm³/mol. The molecule has 0 unspecified atom stereocenters. The minimum absolute atomic E-state index is 0.178. The summed E-state index contributed by atoms with van der Waals surface area (Å²) in [6.45, 7) is 0. The Morgan fingerprint density at radius 1 is 1.13 bits per heavy atom. The lowest BCUT2D eigenvalue weighted by Crippen LogP contribution is -2.60. The van der Waals surface area contributed by atoms with Crippen LogP contribution in [0.4, 0.5) is 0 Å². The molecule has 15 heavy (non-hydrogen) atoms. The lowest BCUT2D eigenvalue weighted by molar-refractivity contribution is -0.124. The molecule has 4 aliphatic rings. The van der Waals surface area contributed by atoms with E-state index in [0.29, 0.717) is 5.33 Å². The van der Waals surface area contributed by atoms with Gasteiger partial charge in [0.2, 0.25) is 5.91 Å². The lowest BCUT2D eigenvalue weighted by atomic mass is 9.53. The van der Waals surface area contributed by atoms with E-state index in [2.05, 4.69) is 21.2 Å². The highest BCUT2D eigenvalue weighted by molar-refractivity contribution is 9.09. The van der Waals surface area contributed by atoms with Gasteiger partial charge >= 0.3 is 0 Å². The van der Waals surface area contributed by atoms with Crippen LogP contribution in [0.15, 0.2) is 0 Å². The molecule has 0 aromatic rings. The van der Waals surface area contributed by atoms with Crippen molar-refractivity contribution in [1.82, 2.24) is 5.32 Å². The zero-order valence-corrected chi connectivity index (χ0v) is 10.6. The van der Waals surface area contributed by atoms with E-state index >= 15 is 0 Å². The number of hydrogen-bond donors (Lipinski definition) is 1. The molecule has 4 bridgehead atoms. The largest absolute Gasteiger partial charge is 0.350 e. The van der Waals surface area contributed by atoms with E-state index < -0.39 is 0 Å². The van der Waals surface area contributed by atoms with Crippen molar-refractivity contribution in [2.24, 2.45) is 17.8 Å². The molecule has 0 saturated heterocycles. The Balaban J connectivity index is 1.78. The zero-order chi connectivity index (χ0) is 10.5. The Morgan fingerprint density at radius 2 is 1.60 bits per heavy atom. The van der Waals surface area contributed by atoms with Crippen LogP contribution in [0.2, 0.25) is 0 Å². The SMILES string of the molecule is O=C(CBr)NC12CC3CC(CC(C3)C1)C2. The number of halogens is 1. The molecule has 4 fully saturated rings. The summed E-state index contributed by atoms with van der Waals surface area (Å²) in [4.78, 5) is 11.5. The molecular weight excluding hydrogens is 254 g/mol. The van der Waals surface area contributed by atoms with E-state index in [1.54, 1.807) is 0 Å². The molecule has 4 saturated carbocycles. The van der Waals surface area contributed by atoms with Crippen molar-refractivity contribution < 1.29 is 4.79 Å². The number of nitrogens with one attached hydrogen (secondary N) is 1. The van der Waals surface area contributed by atoms with E-state index in [1.165, 1.54) is 38.5 Å². The van der Waals surface area contributed by atoms with Crippen molar-refractivity contribution in [3.8, 4) is 0 Å². The minimum atomic E-state index is 0.178. The molecular formula is C12H18BrNO. The Kier molecular flexibility index (Phi) is 2.35. The van der Waals surface area contributed by atoms with Gasteiger partial charge in [0.05, 0.1) is 5.33 Å². The Labute approximate surface area is 99.3 Å². The molecule has 4 aliphatic carbocycles. The highest BCUT2D eigenvalue weighted by Crippen LogP contribution is 2.55. The van der Waals surface area contributed by atoms with Crippen LogP contribution in [0.1, 0.15) is 38.5 Å². The highest BCUT2D eigenvalue weighted by atomic mass is 79.9. The van der Waals surface area contributed by atoms with Gasteiger partial charge in [0.1, 0.15) is 0 Å². The van der Waals surface area contributed by atoms with E-state index in [4.69, 9.17) is 0 Å². The fraction of sp³-hybridized carbons (Fsp3) is 0.917. The average Bonchev–Trinajstić information content (AvgIpc) is 2.14. The van der Waals surface area contributed by atoms with Gasteiger partial charge in [0, 0.05) is 5.54 Å². The summed E-state index contributed by atoms with van der Waals surface area (Å²) in [6, 6.07) is 0. The Bertz CT molecular complexity index is 254. The molecule has 0 spiro atoms. The van der Waals surface area contributed by atoms with Gasteiger partial charge in [-0.1, -0.05) is 15.9 Å². The van der Waals surface area contributed by atoms with Gasteiger partial charge in [0.25, 0.3) is 0 Å². The second-order valence-corrected chi connectivity index (χ2v) is 6.44. The third-order valence-corrected chi connectivity index (χ3v) is 5.07. The Morgan fingerprint density at radius 3 is 2.00 bits per heavy atom. The van der Waals surface area contributed by atoms with Crippen molar-refractivity contribution in [3.63, 3.8) is 0 Å². The Hall–Kier alpha value is -0.0500. The van der Waals surface area contributed by atoms with Gasteiger partial charge in [-0.15, -0.1) is 0 Å². The molecule has 4 rings (SSSR count). The van der Waals surface area contributed by atoms with E-state index in [1.807, 2.05) is 0 Å². The third-order valence-electron chi connectivity index (χ3n) is 4.56. The second-order valence-electron chi connectivity index (χ2n) is 5.88. The molecule has 2 nitrogen and oxygen atoms in total. The van der Waals surface area contributed by atoms with Crippen LogP contribution in [-0.2, 0) is 4.79 Å². The zero-order valence-electron chi connectivity index (χ0n) is 8.97. The summed E-state index contributed by atoms with van der Waals surface area (Å²) < 4.78 is 0. The quantitative estimate of drug-likeness (QED) is 0.769. The summed E-state index contributed by atoms with van der Waals surface area (Å²) in [5.74, 6) is 2.91. The molecule has 0 radical (unpaired) electrons. The normalized spacial score (nSPS) is 46.9. The fourth-order valence-electron chi connectivity index (χ4n) is 4.59. The second kappa shape index (κ2) is 3.47. The summed E-state index contributed by atoms with van der Waals surface area (Å²) in [7, 11) is 0. The van der Waals surface area contributed by atoms with Gasteiger partial charge in [-0.3, -0.25) is 4.79 Å². The first-order valence-electron chi connectivity index (χ1n) is 6.06. The van der Waals surface area contributed by atoms with Crippen molar-refractivity contribution in [2.45, 2.75) is 44.1 Å². The number of alkyl halides is 1. The number of carbonyl (C=O) groups excluding carboxylic acids is 1. The molecule has 1 amide bonds. The maximum Gasteiger partial charge on any atom is 0.231 e. The minimum Gasteiger partial charge on any atom is -0.350 e. The summed E-state index contributed by atoms with van der Waals surface area (Å²) in [5, 5.41) is 3.74. The van der Waals surface area contributed by atoms with Crippen LogP contribution in [0, 0.1) is 17.8 Å². The maximum atomic E-state index is 11.5. The van der Waals surface area contributed by atoms with Crippen LogP contribution < -0.4 is 5.32 Å². The van der Waals surface area contributed by atoms with E-state index in [0.717, 1.165) is 17.8 Å². The van der Waals surface area contributed by atoms with E-state index in [9.17, 15) is 4.79 Å². The van der Waals surface area contributed by atoms with Crippen LogP contribution in [0.5, 0.6) is 0 Å². The lowest BCUT2D eigenvalue weighted by Gasteiger charge is -2.56. The van der Waals surface area contributed by atoms with Gasteiger partial charge in [-0.25, -0.2) is 0 Å². The monoisotopic (exact) mass is 271 g/mol. The van der Waals surface area contributed by atoms with E-state index in [-0.39, 0.29) is 11.4 Å². The smallest absolute Gasteiger partial charge is 0.231 e. The number of hydrogen-bond acceptors (Lipinski definition) is 1. The maximum absolute atomic E-state index is 11.5. The predicted octanol–water partition coefficient (Wildman–Crippen LogP) is 2.47. The van der Waals surface area contributed by atoms with Crippen LogP contribution >= 0.6 is 15.9 Å². The first-order valence-corrected chi connectivity index (χ1v) is 7.18. The van der Waals surface area contributed by atoms with Crippen LogP contribution in [0.25, 0.3) is 0 Å². The first kappa shape index (κ1) is 10.1. The molecule has 0 heterocycles. The molecule has 0 atom stereocenters. The van der Waals surface area contributed by atoms with Crippen molar-refractivity contribution in [2.75, 3.05) is 5.33 Å². The van der Waals surface area contributed by atoms with Gasteiger partial charge in [-0.2, -0.15) is 0 Å². The van der Waals surface area contributed by atoms with Crippen LogP contribution in [0.3, 0.4) is 0 Å². The molecule has 0 aromatic carbocycles. The van der Waals surface area contributed by atoms with Gasteiger partial charge in [0.15, 0.2) is 0 Å². The molecule has 1 N–H and O–H groups in total.